The molecule has 0 spiro atoms. The van der Waals surface area contributed by atoms with Crippen LogP contribution in [0, 0.1) is 0 Å². The van der Waals surface area contributed by atoms with Gasteiger partial charge >= 0.3 is 5.97 Å². The fourth-order valence-corrected chi connectivity index (χ4v) is 2.58. The summed E-state index contributed by atoms with van der Waals surface area (Å²) in [6.07, 6.45) is 0. The molecular formula is C18H16N2O6. The van der Waals surface area contributed by atoms with E-state index in [-0.39, 0.29) is 17.3 Å². The lowest BCUT2D eigenvalue weighted by atomic mass is 10.1. The minimum atomic E-state index is -1.08. The number of aromatic carboxylic acids is 1. The number of rotatable bonds is 6. The highest BCUT2D eigenvalue weighted by Crippen LogP contribution is 2.43. The van der Waals surface area contributed by atoms with Crippen molar-refractivity contribution in [2.24, 2.45) is 0 Å². The first-order chi connectivity index (χ1) is 12.6. The molecule has 0 saturated heterocycles. The van der Waals surface area contributed by atoms with E-state index < -0.39 is 5.97 Å². The van der Waals surface area contributed by atoms with E-state index in [1.54, 1.807) is 30.3 Å². The van der Waals surface area contributed by atoms with E-state index in [0.29, 0.717) is 28.4 Å². The van der Waals surface area contributed by atoms with Crippen molar-refractivity contribution in [3.05, 3.63) is 42.0 Å². The topological polar surface area (TPSA) is 104 Å². The minimum Gasteiger partial charge on any atom is -0.493 e. The molecule has 3 aromatic rings. The zero-order valence-electron chi connectivity index (χ0n) is 14.3. The molecule has 3 rings (SSSR count). The molecule has 0 aliphatic heterocycles. The van der Waals surface area contributed by atoms with Gasteiger partial charge < -0.3 is 23.8 Å². The number of aromatic nitrogens is 2. The Bertz CT molecular complexity index is 951. The number of carboxylic acids is 1. The average Bonchev–Trinajstić information content (AvgIpc) is 3.16. The van der Waals surface area contributed by atoms with E-state index in [1.807, 2.05) is 0 Å². The van der Waals surface area contributed by atoms with Crippen molar-refractivity contribution in [2.45, 2.75) is 0 Å². The SMILES string of the molecule is COc1ccc(-c2noc(-c3ccccc3C(=O)O)n2)c(OC)c1OC. The second kappa shape index (κ2) is 7.14. The van der Waals surface area contributed by atoms with E-state index in [2.05, 4.69) is 10.1 Å². The van der Waals surface area contributed by atoms with Gasteiger partial charge in [0.2, 0.25) is 11.6 Å². The minimum absolute atomic E-state index is 0.0713. The molecule has 1 N–H and O–H groups in total. The molecule has 0 aliphatic rings. The number of nitrogens with zero attached hydrogens (tertiary/aromatic N) is 2. The number of benzene rings is 2. The summed E-state index contributed by atoms with van der Waals surface area (Å²) in [4.78, 5) is 15.7. The van der Waals surface area contributed by atoms with Gasteiger partial charge in [0.1, 0.15) is 0 Å². The number of hydrogen-bond donors (Lipinski definition) is 1. The van der Waals surface area contributed by atoms with Crippen molar-refractivity contribution < 1.29 is 28.6 Å². The van der Waals surface area contributed by atoms with Crippen LogP contribution < -0.4 is 14.2 Å². The largest absolute Gasteiger partial charge is 0.493 e. The first kappa shape index (κ1) is 17.3. The molecule has 0 saturated carbocycles. The second-order valence-corrected chi connectivity index (χ2v) is 5.16. The molecule has 8 heteroatoms. The van der Waals surface area contributed by atoms with E-state index >= 15 is 0 Å². The lowest BCUT2D eigenvalue weighted by molar-refractivity contribution is 0.0697. The molecule has 26 heavy (non-hydrogen) atoms. The van der Waals surface area contributed by atoms with Crippen LogP contribution in [0.4, 0.5) is 0 Å². The normalized spacial score (nSPS) is 10.4. The van der Waals surface area contributed by atoms with E-state index in [0.717, 1.165) is 0 Å². The standard InChI is InChI=1S/C18H16N2O6/c1-23-13-9-8-12(14(24-2)15(13)25-3)16-19-17(26-20-16)10-6-4-5-7-11(10)18(21)22/h4-9H,1-3H3,(H,21,22). The van der Waals surface area contributed by atoms with E-state index in [9.17, 15) is 9.90 Å². The molecule has 0 aliphatic carbocycles. The molecular weight excluding hydrogens is 340 g/mol. The average molecular weight is 356 g/mol. The summed E-state index contributed by atoms with van der Waals surface area (Å²) in [5, 5.41) is 13.3. The Balaban J connectivity index is 2.11. The molecule has 0 unspecified atom stereocenters. The summed E-state index contributed by atoms with van der Waals surface area (Å²) in [7, 11) is 4.50. The molecule has 8 nitrogen and oxygen atoms in total. The Morgan fingerprint density at radius 2 is 1.69 bits per heavy atom. The first-order valence-corrected chi connectivity index (χ1v) is 7.56. The number of hydrogen-bond acceptors (Lipinski definition) is 7. The molecule has 0 radical (unpaired) electrons. The van der Waals surface area contributed by atoms with Crippen LogP contribution >= 0.6 is 0 Å². The number of carbonyl (C=O) groups is 1. The second-order valence-electron chi connectivity index (χ2n) is 5.16. The maximum atomic E-state index is 11.4. The van der Waals surface area contributed by atoms with Crippen LogP contribution in [0.25, 0.3) is 22.8 Å². The third-order valence-corrected chi connectivity index (χ3v) is 3.76. The maximum Gasteiger partial charge on any atom is 0.336 e. The zero-order chi connectivity index (χ0) is 18.7. The highest BCUT2D eigenvalue weighted by atomic mass is 16.5. The van der Waals surface area contributed by atoms with Crippen LogP contribution in [0.3, 0.4) is 0 Å². The summed E-state index contributed by atoms with van der Waals surface area (Å²) in [5.41, 5.74) is 0.924. The van der Waals surface area contributed by atoms with Crippen molar-refractivity contribution in [1.29, 1.82) is 0 Å². The fraction of sp³-hybridized carbons (Fsp3) is 0.167. The molecule has 1 heterocycles. The van der Waals surface area contributed by atoms with Crippen LogP contribution in [0.15, 0.2) is 40.9 Å². The highest BCUT2D eigenvalue weighted by molar-refractivity contribution is 5.94. The van der Waals surface area contributed by atoms with Gasteiger partial charge in [-0.2, -0.15) is 4.98 Å². The fourth-order valence-electron chi connectivity index (χ4n) is 2.58. The third kappa shape index (κ3) is 2.92. The van der Waals surface area contributed by atoms with Gasteiger partial charge in [0.05, 0.1) is 38.0 Å². The van der Waals surface area contributed by atoms with Gasteiger partial charge in [0.15, 0.2) is 11.5 Å². The third-order valence-electron chi connectivity index (χ3n) is 3.76. The predicted octanol–water partition coefficient (Wildman–Crippen LogP) is 3.13. The zero-order valence-corrected chi connectivity index (χ0v) is 14.3. The Kier molecular flexibility index (Phi) is 4.74. The molecule has 1 aromatic heterocycles. The highest BCUT2D eigenvalue weighted by Gasteiger charge is 2.22. The molecule has 2 aromatic carbocycles. The molecule has 0 bridgehead atoms. The van der Waals surface area contributed by atoms with Crippen molar-refractivity contribution in [3.63, 3.8) is 0 Å². The number of carboxylic acid groups (broad SMARTS) is 1. The quantitative estimate of drug-likeness (QED) is 0.718. The van der Waals surface area contributed by atoms with Crippen molar-refractivity contribution in [1.82, 2.24) is 10.1 Å². The van der Waals surface area contributed by atoms with Gasteiger partial charge in [-0.1, -0.05) is 17.3 Å². The first-order valence-electron chi connectivity index (χ1n) is 7.56. The van der Waals surface area contributed by atoms with Crippen LogP contribution in [0.2, 0.25) is 0 Å². The maximum absolute atomic E-state index is 11.4. The molecule has 0 fully saturated rings. The van der Waals surface area contributed by atoms with Gasteiger partial charge in [-0.05, 0) is 24.3 Å². The Hall–Kier alpha value is -3.55. The predicted molar refractivity (Wildman–Crippen MR) is 91.8 cm³/mol. The van der Waals surface area contributed by atoms with Crippen molar-refractivity contribution >= 4 is 5.97 Å². The van der Waals surface area contributed by atoms with Crippen molar-refractivity contribution in [3.8, 4) is 40.1 Å². The van der Waals surface area contributed by atoms with Gasteiger partial charge in [0, 0.05) is 0 Å². The van der Waals surface area contributed by atoms with E-state index in [4.69, 9.17) is 18.7 Å². The summed E-state index contributed by atoms with van der Waals surface area (Å²) in [6, 6.07) is 9.80. The molecule has 0 amide bonds. The molecule has 134 valence electrons. The Morgan fingerprint density at radius 1 is 0.962 bits per heavy atom. The van der Waals surface area contributed by atoms with Gasteiger partial charge in [-0.3, -0.25) is 0 Å². The van der Waals surface area contributed by atoms with Gasteiger partial charge in [0.25, 0.3) is 5.89 Å². The van der Waals surface area contributed by atoms with Gasteiger partial charge in [-0.15, -0.1) is 0 Å². The number of ether oxygens (including phenoxy) is 3. The summed E-state index contributed by atoms with van der Waals surface area (Å²) in [6.45, 7) is 0. The number of methoxy groups -OCH3 is 3. The summed E-state index contributed by atoms with van der Waals surface area (Å²) in [5.74, 6) is 0.514. The monoisotopic (exact) mass is 356 g/mol. The smallest absolute Gasteiger partial charge is 0.336 e. The van der Waals surface area contributed by atoms with E-state index in [1.165, 1.54) is 27.4 Å². The molecule has 0 atom stereocenters. The lowest BCUT2D eigenvalue weighted by Gasteiger charge is -2.13. The summed E-state index contributed by atoms with van der Waals surface area (Å²) < 4.78 is 21.3. The summed E-state index contributed by atoms with van der Waals surface area (Å²) >= 11 is 0. The Morgan fingerprint density at radius 3 is 2.35 bits per heavy atom. The van der Waals surface area contributed by atoms with Crippen LogP contribution in [0.5, 0.6) is 17.2 Å². The van der Waals surface area contributed by atoms with Crippen molar-refractivity contribution in [2.75, 3.05) is 21.3 Å². The van der Waals surface area contributed by atoms with Gasteiger partial charge in [-0.25, -0.2) is 4.79 Å². The van der Waals surface area contributed by atoms with Crippen LogP contribution in [-0.4, -0.2) is 42.5 Å². The lowest BCUT2D eigenvalue weighted by Crippen LogP contribution is -1.99. The van der Waals surface area contributed by atoms with Crippen LogP contribution in [0.1, 0.15) is 10.4 Å². The van der Waals surface area contributed by atoms with Crippen LogP contribution in [-0.2, 0) is 0 Å². The Labute approximate surface area is 148 Å².